The van der Waals surface area contributed by atoms with Crippen molar-refractivity contribution in [1.82, 2.24) is 0 Å². The predicted octanol–water partition coefficient (Wildman–Crippen LogP) is 5.64. The zero-order valence-electron chi connectivity index (χ0n) is 11.7. The molecule has 3 rings (SSSR count). The molecule has 21 heavy (non-hydrogen) atoms. The quantitative estimate of drug-likeness (QED) is 0.706. The van der Waals surface area contributed by atoms with Gasteiger partial charge in [-0.3, -0.25) is 4.99 Å². The van der Waals surface area contributed by atoms with Gasteiger partial charge >= 0.3 is 0 Å². The Morgan fingerprint density at radius 1 is 1.29 bits per heavy atom. The summed E-state index contributed by atoms with van der Waals surface area (Å²) in [5.74, 6) is 1.13. The van der Waals surface area contributed by atoms with Gasteiger partial charge in [-0.25, -0.2) is 0 Å². The summed E-state index contributed by atoms with van der Waals surface area (Å²) >= 11 is 14.0. The SMILES string of the molecule is CC1CCC(N(Cc2cccs2)c2ccc(Cl)c(Cl)c2)=N1. The molecule has 110 valence electrons. The van der Waals surface area contributed by atoms with Crippen molar-refractivity contribution in [1.29, 1.82) is 0 Å². The summed E-state index contributed by atoms with van der Waals surface area (Å²) in [5, 5.41) is 3.26. The smallest absolute Gasteiger partial charge is 0.104 e. The van der Waals surface area contributed by atoms with E-state index < -0.39 is 0 Å². The van der Waals surface area contributed by atoms with E-state index in [4.69, 9.17) is 28.2 Å². The molecule has 2 heterocycles. The summed E-state index contributed by atoms with van der Waals surface area (Å²) in [6.07, 6.45) is 2.12. The van der Waals surface area contributed by atoms with Crippen LogP contribution in [0.4, 0.5) is 5.69 Å². The molecule has 1 aliphatic heterocycles. The molecule has 5 heteroatoms. The predicted molar refractivity (Wildman–Crippen MR) is 93.1 cm³/mol. The highest BCUT2D eigenvalue weighted by Gasteiger charge is 2.21. The van der Waals surface area contributed by atoms with Crippen LogP contribution >= 0.6 is 34.5 Å². The average Bonchev–Trinajstić information content (AvgIpc) is 3.11. The van der Waals surface area contributed by atoms with Gasteiger partial charge in [0, 0.05) is 23.0 Å². The average molecular weight is 339 g/mol. The molecule has 0 saturated carbocycles. The normalized spacial score (nSPS) is 17.9. The summed E-state index contributed by atoms with van der Waals surface area (Å²) in [6.45, 7) is 2.98. The lowest BCUT2D eigenvalue weighted by molar-refractivity contribution is 0.739. The number of thiophene rings is 1. The topological polar surface area (TPSA) is 15.6 Å². The second kappa shape index (κ2) is 6.39. The summed E-state index contributed by atoms with van der Waals surface area (Å²) in [7, 11) is 0. The first-order chi connectivity index (χ1) is 10.1. The number of anilines is 1. The van der Waals surface area contributed by atoms with Crippen LogP contribution in [0.25, 0.3) is 0 Å². The van der Waals surface area contributed by atoms with Crippen molar-refractivity contribution in [3.8, 4) is 0 Å². The van der Waals surface area contributed by atoms with Gasteiger partial charge in [0.15, 0.2) is 0 Å². The third-order valence-corrected chi connectivity index (χ3v) is 5.18. The van der Waals surface area contributed by atoms with E-state index in [-0.39, 0.29) is 0 Å². The minimum absolute atomic E-state index is 0.397. The van der Waals surface area contributed by atoms with Crippen LogP contribution in [0.2, 0.25) is 10.0 Å². The van der Waals surface area contributed by atoms with Gasteiger partial charge in [-0.05, 0) is 43.0 Å². The highest BCUT2D eigenvalue weighted by atomic mass is 35.5. The van der Waals surface area contributed by atoms with E-state index in [9.17, 15) is 0 Å². The zero-order chi connectivity index (χ0) is 14.8. The third-order valence-electron chi connectivity index (χ3n) is 3.58. The first-order valence-corrected chi connectivity index (χ1v) is 8.58. The standard InChI is InChI=1S/C16H16Cl2N2S/c1-11-4-7-16(19-11)20(10-13-3-2-8-21-13)12-5-6-14(17)15(18)9-12/h2-3,5-6,8-9,11H,4,7,10H2,1H3. The molecule has 0 N–H and O–H groups in total. The summed E-state index contributed by atoms with van der Waals surface area (Å²) < 4.78 is 0. The van der Waals surface area contributed by atoms with Crippen molar-refractivity contribution in [2.24, 2.45) is 4.99 Å². The Kier molecular flexibility index (Phi) is 4.53. The Morgan fingerprint density at radius 2 is 2.14 bits per heavy atom. The molecule has 1 aromatic carbocycles. The fraction of sp³-hybridized carbons (Fsp3) is 0.312. The number of aliphatic imine (C=N–C) groups is 1. The van der Waals surface area contributed by atoms with Crippen molar-refractivity contribution < 1.29 is 0 Å². The Hall–Kier alpha value is -1.03. The first kappa shape index (κ1) is 14.9. The Balaban J connectivity index is 1.94. The largest absolute Gasteiger partial charge is 0.325 e. The summed E-state index contributed by atoms with van der Waals surface area (Å²) in [6, 6.07) is 10.4. The van der Waals surface area contributed by atoms with Crippen LogP contribution in [0.3, 0.4) is 0 Å². The molecule has 0 bridgehead atoms. The maximum Gasteiger partial charge on any atom is 0.104 e. The van der Waals surface area contributed by atoms with Crippen molar-refractivity contribution in [2.45, 2.75) is 32.4 Å². The molecule has 1 unspecified atom stereocenters. The number of amidine groups is 1. The summed E-state index contributed by atoms with van der Waals surface area (Å²) in [5.41, 5.74) is 1.05. The van der Waals surface area contributed by atoms with Crippen LogP contribution in [-0.2, 0) is 6.54 Å². The molecule has 0 radical (unpaired) electrons. The number of hydrogen-bond donors (Lipinski definition) is 0. The van der Waals surface area contributed by atoms with E-state index in [0.29, 0.717) is 16.1 Å². The highest BCUT2D eigenvalue weighted by Crippen LogP contribution is 2.30. The lowest BCUT2D eigenvalue weighted by atomic mass is 10.2. The Bertz CT molecular complexity index is 652. The third kappa shape index (κ3) is 3.42. The van der Waals surface area contributed by atoms with Crippen molar-refractivity contribution in [3.05, 3.63) is 50.6 Å². The molecule has 1 aromatic heterocycles. The van der Waals surface area contributed by atoms with E-state index in [1.54, 1.807) is 11.3 Å². The first-order valence-electron chi connectivity index (χ1n) is 6.95. The number of benzene rings is 1. The number of nitrogens with zero attached hydrogens (tertiary/aromatic N) is 2. The van der Waals surface area contributed by atoms with Gasteiger partial charge in [-0.2, -0.15) is 0 Å². The lowest BCUT2D eigenvalue weighted by Crippen LogP contribution is -2.28. The summed E-state index contributed by atoms with van der Waals surface area (Å²) in [4.78, 5) is 8.33. The van der Waals surface area contributed by atoms with E-state index in [1.165, 1.54) is 4.88 Å². The van der Waals surface area contributed by atoms with Gasteiger partial charge in [0.05, 0.1) is 16.6 Å². The molecule has 0 aliphatic carbocycles. The second-order valence-electron chi connectivity index (χ2n) is 5.20. The van der Waals surface area contributed by atoms with Crippen LogP contribution in [0.5, 0.6) is 0 Å². The Labute approximate surface area is 139 Å². The molecule has 1 atom stereocenters. The van der Waals surface area contributed by atoms with E-state index >= 15 is 0 Å². The second-order valence-corrected chi connectivity index (χ2v) is 7.04. The number of halogens is 2. The van der Waals surface area contributed by atoms with Crippen molar-refractivity contribution >= 4 is 46.1 Å². The fourth-order valence-electron chi connectivity index (χ4n) is 2.47. The van der Waals surface area contributed by atoms with Crippen molar-refractivity contribution in [3.63, 3.8) is 0 Å². The maximum absolute atomic E-state index is 6.18. The molecule has 0 saturated heterocycles. The molecule has 1 aliphatic rings. The lowest BCUT2D eigenvalue weighted by Gasteiger charge is -2.24. The number of hydrogen-bond acceptors (Lipinski definition) is 3. The van der Waals surface area contributed by atoms with Crippen LogP contribution in [0, 0.1) is 0 Å². The Morgan fingerprint density at radius 3 is 2.76 bits per heavy atom. The van der Waals surface area contributed by atoms with Gasteiger partial charge in [-0.15, -0.1) is 11.3 Å². The monoisotopic (exact) mass is 338 g/mol. The molecular formula is C16H16Cl2N2S. The maximum atomic E-state index is 6.18. The van der Waals surface area contributed by atoms with Gasteiger partial charge < -0.3 is 4.90 Å². The molecule has 2 nitrogen and oxygen atoms in total. The minimum atomic E-state index is 0.397. The van der Waals surface area contributed by atoms with Gasteiger partial charge in [0.1, 0.15) is 5.84 Å². The molecule has 2 aromatic rings. The van der Waals surface area contributed by atoms with E-state index in [0.717, 1.165) is 30.9 Å². The molecule has 0 spiro atoms. The fourth-order valence-corrected chi connectivity index (χ4v) is 3.45. The van der Waals surface area contributed by atoms with Gasteiger partial charge in [0.25, 0.3) is 0 Å². The minimum Gasteiger partial charge on any atom is -0.325 e. The zero-order valence-corrected chi connectivity index (χ0v) is 14.0. The van der Waals surface area contributed by atoms with Crippen molar-refractivity contribution in [2.75, 3.05) is 4.90 Å². The van der Waals surface area contributed by atoms with Crippen LogP contribution in [0.1, 0.15) is 24.6 Å². The van der Waals surface area contributed by atoms with Crippen LogP contribution in [-0.4, -0.2) is 11.9 Å². The molecular weight excluding hydrogens is 323 g/mol. The van der Waals surface area contributed by atoms with Crippen LogP contribution < -0.4 is 4.90 Å². The van der Waals surface area contributed by atoms with Gasteiger partial charge in [-0.1, -0.05) is 29.3 Å². The van der Waals surface area contributed by atoms with Crippen LogP contribution in [0.15, 0.2) is 40.7 Å². The van der Waals surface area contributed by atoms with E-state index in [1.807, 2.05) is 18.2 Å². The van der Waals surface area contributed by atoms with Gasteiger partial charge in [0.2, 0.25) is 0 Å². The molecule has 0 amide bonds. The molecule has 0 fully saturated rings. The highest BCUT2D eigenvalue weighted by molar-refractivity contribution is 7.09. The number of rotatable bonds is 3. The van der Waals surface area contributed by atoms with E-state index in [2.05, 4.69) is 29.3 Å².